The summed E-state index contributed by atoms with van der Waals surface area (Å²) in [6, 6.07) is 9.00. The number of rotatable bonds is 7. The minimum Gasteiger partial charge on any atom is -0.313 e. The number of benzene rings is 1. The van der Waals surface area contributed by atoms with E-state index >= 15 is 0 Å². The smallest absolute Gasteiger partial charge is 0.126 e. The summed E-state index contributed by atoms with van der Waals surface area (Å²) in [6.07, 6.45) is 5.83. The van der Waals surface area contributed by atoms with Crippen LogP contribution in [0.15, 0.2) is 42.7 Å². The summed E-state index contributed by atoms with van der Waals surface area (Å²) >= 11 is 6.17. The maximum atomic E-state index is 13.8. The predicted molar refractivity (Wildman–Crippen MR) is 85.1 cm³/mol. The third kappa shape index (κ3) is 4.80. The molecule has 1 heterocycles. The lowest BCUT2D eigenvalue weighted by Crippen LogP contribution is -2.34. The molecule has 0 amide bonds. The van der Waals surface area contributed by atoms with Crippen molar-refractivity contribution in [2.45, 2.75) is 32.2 Å². The SMILES string of the molecule is CCCNC(Cc1ccccc1F)Cc1ccncc1Cl. The van der Waals surface area contributed by atoms with E-state index in [-0.39, 0.29) is 11.9 Å². The molecule has 0 spiro atoms. The molecule has 1 N–H and O–H groups in total. The van der Waals surface area contributed by atoms with Crippen molar-refractivity contribution in [3.8, 4) is 0 Å². The Kier molecular flexibility index (Phi) is 6.15. The average molecular weight is 307 g/mol. The number of nitrogens with zero attached hydrogens (tertiary/aromatic N) is 1. The van der Waals surface area contributed by atoms with E-state index in [1.807, 2.05) is 18.2 Å². The van der Waals surface area contributed by atoms with Gasteiger partial charge in [-0.3, -0.25) is 4.98 Å². The van der Waals surface area contributed by atoms with Crippen LogP contribution >= 0.6 is 11.6 Å². The van der Waals surface area contributed by atoms with E-state index in [2.05, 4.69) is 17.2 Å². The molecule has 0 bridgehead atoms. The van der Waals surface area contributed by atoms with Crippen LogP contribution in [-0.4, -0.2) is 17.6 Å². The first-order valence-electron chi connectivity index (χ1n) is 7.26. The molecule has 2 aromatic rings. The van der Waals surface area contributed by atoms with E-state index in [1.165, 1.54) is 6.07 Å². The maximum absolute atomic E-state index is 13.8. The molecular formula is C17H20ClFN2. The molecule has 4 heteroatoms. The quantitative estimate of drug-likeness (QED) is 0.835. The molecule has 2 rings (SSSR count). The Labute approximate surface area is 130 Å². The maximum Gasteiger partial charge on any atom is 0.126 e. The van der Waals surface area contributed by atoms with Crippen molar-refractivity contribution >= 4 is 11.6 Å². The van der Waals surface area contributed by atoms with Gasteiger partial charge in [-0.25, -0.2) is 4.39 Å². The molecule has 0 fully saturated rings. The van der Waals surface area contributed by atoms with Gasteiger partial charge in [-0.2, -0.15) is 0 Å². The highest BCUT2D eigenvalue weighted by Crippen LogP contribution is 2.18. The molecule has 0 aliphatic carbocycles. The Bertz CT molecular complexity index is 527. The summed E-state index contributed by atoms with van der Waals surface area (Å²) < 4.78 is 13.8. The molecule has 112 valence electrons. The summed E-state index contributed by atoms with van der Waals surface area (Å²) in [4.78, 5) is 4.00. The van der Waals surface area contributed by atoms with Crippen molar-refractivity contribution in [3.05, 3.63) is 64.7 Å². The van der Waals surface area contributed by atoms with E-state index in [0.29, 0.717) is 11.4 Å². The van der Waals surface area contributed by atoms with Crippen LogP contribution < -0.4 is 5.32 Å². The highest BCUT2D eigenvalue weighted by atomic mass is 35.5. The highest BCUT2D eigenvalue weighted by molar-refractivity contribution is 6.31. The second-order valence-corrected chi connectivity index (χ2v) is 5.52. The largest absolute Gasteiger partial charge is 0.313 e. The van der Waals surface area contributed by atoms with E-state index in [0.717, 1.165) is 30.5 Å². The molecule has 1 unspecified atom stereocenters. The number of hydrogen-bond acceptors (Lipinski definition) is 2. The summed E-state index contributed by atoms with van der Waals surface area (Å²) in [5, 5.41) is 4.14. The van der Waals surface area contributed by atoms with E-state index < -0.39 is 0 Å². The lowest BCUT2D eigenvalue weighted by Gasteiger charge is -2.19. The first kappa shape index (κ1) is 15.9. The lowest BCUT2D eigenvalue weighted by molar-refractivity contribution is 0.492. The fraction of sp³-hybridized carbons (Fsp3) is 0.353. The fourth-order valence-electron chi connectivity index (χ4n) is 2.33. The Hall–Kier alpha value is -1.45. The van der Waals surface area contributed by atoms with Crippen LogP contribution in [0.3, 0.4) is 0 Å². The van der Waals surface area contributed by atoms with Crippen molar-refractivity contribution in [2.75, 3.05) is 6.54 Å². The van der Waals surface area contributed by atoms with Crippen molar-refractivity contribution in [1.29, 1.82) is 0 Å². The van der Waals surface area contributed by atoms with Gasteiger partial charge in [0.1, 0.15) is 5.82 Å². The van der Waals surface area contributed by atoms with Gasteiger partial charge in [-0.1, -0.05) is 36.7 Å². The summed E-state index contributed by atoms with van der Waals surface area (Å²) in [5.74, 6) is -0.151. The second kappa shape index (κ2) is 8.11. The predicted octanol–water partition coefficient (Wildman–Crippen LogP) is 4.03. The third-order valence-corrected chi connectivity index (χ3v) is 3.77. The lowest BCUT2D eigenvalue weighted by atomic mass is 9.99. The van der Waals surface area contributed by atoms with Crippen molar-refractivity contribution in [3.63, 3.8) is 0 Å². The number of hydrogen-bond donors (Lipinski definition) is 1. The zero-order chi connectivity index (χ0) is 15.1. The zero-order valence-electron chi connectivity index (χ0n) is 12.2. The molecule has 2 nitrogen and oxygen atoms in total. The van der Waals surface area contributed by atoms with Crippen LogP contribution in [0.25, 0.3) is 0 Å². The van der Waals surface area contributed by atoms with Gasteiger partial charge in [0.25, 0.3) is 0 Å². The summed E-state index contributed by atoms with van der Waals surface area (Å²) in [7, 11) is 0. The molecule has 0 radical (unpaired) electrons. The van der Waals surface area contributed by atoms with Crippen molar-refractivity contribution in [2.24, 2.45) is 0 Å². The van der Waals surface area contributed by atoms with Crippen LogP contribution in [0.1, 0.15) is 24.5 Å². The van der Waals surface area contributed by atoms with Gasteiger partial charge in [0, 0.05) is 18.4 Å². The van der Waals surface area contributed by atoms with Gasteiger partial charge >= 0.3 is 0 Å². The van der Waals surface area contributed by atoms with Crippen LogP contribution in [-0.2, 0) is 12.8 Å². The summed E-state index contributed by atoms with van der Waals surface area (Å²) in [6.45, 7) is 3.02. The normalized spacial score (nSPS) is 12.3. The number of aromatic nitrogens is 1. The van der Waals surface area contributed by atoms with Gasteiger partial charge in [0.2, 0.25) is 0 Å². The molecule has 21 heavy (non-hydrogen) atoms. The molecule has 0 saturated carbocycles. The Morgan fingerprint density at radius 1 is 1.19 bits per heavy atom. The Balaban J connectivity index is 2.11. The average Bonchev–Trinajstić information content (AvgIpc) is 2.49. The molecule has 0 aliphatic heterocycles. The van der Waals surface area contributed by atoms with Gasteiger partial charge in [-0.05, 0) is 49.1 Å². The Morgan fingerprint density at radius 2 is 1.95 bits per heavy atom. The van der Waals surface area contributed by atoms with Crippen LogP contribution in [0, 0.1) is 5.82 Å². The molecule has 1 atom stereocenters. The highest BCUT2D eigenvalue weighted by Gasteiger charge is 2.14. The van der Waals surface area contributed by atoms with E-state index in [1.54, 1.807) is 18.5 Å². The first-order chi connectivity index (χ1) is 10.2. The molecule has 1 aromatic heterocycles. The first-order valence-corrected chi connectivity index (χ1v) is 7.63. The number of nitrogens with one attached hydrogen (secondary N) is 1. The minimum absolute atomic E-state index is 0.151. The van der Waals surface area contributed by atoms with E-state index in [4.69, 9.17) is 11.6 Å². The van der Waals surface area contributed by atoms with Crippen molar-refractivity contribution in [1.82, 2.24) is 10.3 Å². The fourth-order valence-corrected chi connectivity index (χ4v) is 2.53. The topological polar surface area (TPSA) is 24.9 Å². The Morgan fingerprint density at radius 3 is 2.67 bits per heavy atom. The molecule has 0 saturated heterocycles. The monoisotopic (exact) mass is 306 g/mol. The third-order valence-electron chi connectivity index (χ3n) is 3.43. The standard InChI is InChI=1S/C17H20ClFN2/c1-2-8-21-15(10-13-7-9-20-12-16(13)18)11-14-5-3-4-6-17(14)19/h3-7,9,12,15,21H,2,8,10-11H2,1H3. The molecule has 0 aliphatic rings. The van der Waals surface area contributed by atoms with Crippen LogP contribution in [0.5, 0.6) is 0 Å². The van der Waals surface area contributed by atoms with Gasteiger partial charge in [0.15, 0.2) is 0 Å². The van der Waals surface area contributed by atoms with E-state index in [9.17, 15) is 4.39 Å². The van der Waals surface area contributed by atoms with Crippen LogP contribution in [0.4, 0.5) is 4.39 Å². The van der Waals surface area contributed by atoms with Crippen LogP contribution in [0.2, 0.25) is 5.02 Å². The number of halogens is 2. The molecule has 1 aromatic carbocycles. The number of pyridine rings is 1. The minimum atomic E-state index is -0.151. The summed E-state index contributed by atoms with van der Waals surface area (Å²) in [5.41, 5.74) is 1.77. The van der Waals surface area contributed by atoms with Gasteiger partial charge in [0.05, 0.1) is 5.02 Å². The van der Waals surface area contributed by atoms with Crippen molar-refractivity contribution < 1.29 is 4.39 Å². The molecular weight excluding hydrogens is 287 g/mol. The zero-order valence-corrected chi connectivity index (χ0v) is 12.9. The second-order valence-electron chi connectivity index (χ2n) is 5.12. The van der Waals surface area contributed by atoms with Gasteiger partial charge in [-0.15, -0.1) is 0 Å². The van der Waals surface area contributed by atoms with Gasteiger partial charge < -0.3 is 5.32 Å².